The van der Waals surface area contributed by atoms with Gasteiger partial charge in [0, 0.05) is 23.8 Å². The third-order valence-corrected chi connectivity index (χ3v) is 5.51. The molecule has 0 fully saturated rings. The number of pyridine rings is 1. The Morgan fingerprint density at radius 1 is 0.857 bits per heavy atom. The second-order valence-electron chi connectivity index (χ2n) is 7.27. The largest absolute Gasteiger partial charge is 0.339 e. The molecule has 0 atom stereocenters. The van der Waals surface area contributed by atoms with Crippen LogP contribution < -0.4 is 0 Å². The first-order chi connectivity index (χ1) is 13.7. The van der Waals surface area contributed by atoms with Crippen molar-refractivity contribution in [1.29, 1.82) is 0 Å². The maximum atomic E-state index is 4.76. The van der Waals surface area contributed by atoms with Gasteiger partial charge in [0.05, 0.1) is 11.2 Å². The minimum Gasteiger partial charge on any atom is -0.339 e. The SMILES string of the molecule is Cc1c(C)n(C/C=C/c2ccccc2)c2c(CCc3ccccc3)nccc12. The Morgan fingerprint density at radius 3 is 2.32 bits per heavy atom. The number of aromatic nitrogens is 2. The molecule has 0 bridgehead atoms. The number of benzene rings is 2. The van der Waals surface area contributed by atoms with Crippen molar-refractivity contribution in [2.45, 2.75) is 33.2 Å². The molecule has 2 aromatic heterocycles. The van der Waals surface area contributed by atoms with Crippen LogP contribution in [-0.4, -0.2) is 9.55 Å². The summed E-state index contributed by atoms with van der Waals surface area (Å²) in [6, 6.07) is 23.3. The van der Waals surface area contributed by atoms with Crippen molar-refractivity contribution in [2.24, 2.45) is 0 Å². The monoisotopic (exact) mass is 366 g/mol. The van der Waals surface area contributed by atoms with Crippen molar-refractivity contribution >= 4 is 17.0 Å². The van der Waals surface area contributed by atoms with E-state index in [1.807, 2.05) is 6.20 Å². The van der Waals surface area contributed by atoms with Gasteiger partial charge in [0.1, 0.15) is 0 Å². The van der Waals surface area contributed by atoms with Crippen LogP contribution in [0.2, 0.25) is 0 Å². The Morgan fingerprint density at radius 2 is 1.57 bits per heavy atom. The molecule has 0 radical (unpaired) electrons. The Kier molecular flexibility index (Phi) is 5.38. The molecule has 2 aromatic carbocycles. The first-order valence-electron chi connectivity index (χ1n) is 9.93. The van der Waals surface area contributed by atoms with Crippen LogP contribution in [0.3, 0.4) is 0 Å². The Labute approximate surface area is 167 Å². The van der Waals surface area contributed by atoms with Gasteiger partial charge < -0.3 is 4.57 Å². The predicted molar refractivity (Wildman–Crippen MR) is 119 cm³/mol. The average molecular weight is 367 g/mol. The molecule has 4 rings (SSSR count). The van der Waals surface area contributed by atoms with Gasteiger partial charge in [-0.25, -0.2) is 0 Å². The molecule has 0 N–H and O–H groups in total. The highest BCUT2D eigenvalue weighted by molar-refractivity contribution is 5.87. The number of fused-ring (bicyclic) bond motifs is 1. The molecule has 2 nitrogen and oxygen atoms in total. The second-order valence-corrected chi connectivity index (χ2v) is 7.27. The smallest absolute Gasteiger partial charge is 0.0707 e. The van der Waals surface area contributed by atoms with Gasteiger partial charge in [0.15, 0.2) is 0 Å². The lowest BCUT2D eigenvalue weighted by Gasteiger charge is -2.09. The molecule has 0 amide bonds. The third kappa shape index (κ3) is 3.77. The fourth-order valence-electron chi connectivity index (χ4n) is 3.84. The summed E-state index contributed by atoms with van der Waals surface area (Å²) in [5, 5.41) is 1.32. The fraction of sp³-hybridized carbons (Fsp3) is 0.192. The van der Waals surface area contributed by atoms with E-state index in [9.17, 15) is 0 Å². The van der Waals surface area contributed by atoms with Crippen LogP contribution in [-0.2, 0) is 19.4 Å². The molecular formula is C26H26N2. The maximum absolute atomic E-state index is 4.76. The highest BCUT2D eigenvalue weighted by atomic mass is 15.0. The quantitative estimate of drug-likeness (QED) is 0.400. The minimum atomic E-state index is 0.856. The predicted octanol–water partition coefficient (Wildman–Crippen LogP) is 6.15. The number of nitrogens with zero attached hydrogens (tertiary/aromatic N) is 2. The molecule has 0 aliphatic rings. The van der Waals surface area contributed by atoms with E-state index in [1.165, 1.54) is 39.0 Å². The zero-order valence-electron chi connectivity index (χ0n) is 16.6. The fourth-order valence-corrected chi connectivity index (χ4v) is 3.84. The molecule has 28 heavy (non-hydrogen) atoms. The van der Waals surface area contributed by atoms with Crippen LogP contribution in [0.4, 0.5) is 0 Å². The molecule has 4 aromatic rings. The molecule has 0 aliphatic heterocycles. The zero-order chi connectivity index (χ0) is 19.3. The van der Waals surface area contributed by atoms with E-state index in [0.717, 1.165) is 19.4 Å². The summed E-state index contributed by atoms with van der Waals surface area (Å²) in [6.45, 7) is 5.29. The van der Waals surface area contributed by atoms with Crippen molar-refractivity contribution in [3.63, 3.8) is 0 Å². The van der Waals surface area contributed by atoms with Gasteiger partial charge in [-0.3, -0.25) is 4.98 Å². The summed E-state index contributed by atoms with van der Waals surface area (Å²) in [7, 11) is 0. The van der Waals surface area contributed by atoms with Gasteiger partial charge in [-0.15, -0.1) is 0 Å². The van der Waals surface area contributed by atoms with E-state index >= 15 is 0 Å². The van der Waals surface area contributed by atoms with Crippen molar-refractivity contribution in [2.75, 3.05) is 0 Å². The summed E-state index contributed by atoms with van der Waals surface area (Å²) in [4.78, 5) is 4.76. The Balaban J connectivity index is 1.65. The summed E-state index contributed by atoms with van der Waals surface area (Å²) < 4.78 is 2.41. The van der Waals surface area contributed by atoms with Crippen LogP contribution >= 0.6 is 0 Å². The van der Waals surface area contributed by atoms with Crippen LogP contribution in [0.25, 0.3) is 17.0 Å². The van der Waals surface area contributed by atoms with Crippen molar-refractivity contribution in [3.05, 3.63) is 107 Å². The minimum absolute atomic E-state index is 0.856. The summed E-state index contributed by atoms with van der Waals surface area (Å²) in [5.41, 5.74) is 7.73. The average Bonchev–Trinajstić information content (AvgIpc) is 2.99. The van der Waals surface area contributed by atoms with Gasteiger partial charge in [0.25, 0.3) is 0 Å². The van der Waals surface area contributed by atoms with E-state index in [2.05, 4.69) is 97.3 Å². The lowest BCUT2D eigenvalue weighted by molar-refractivity contribution is 0.809. The van der Waals surface area contributed by atoms with E-state index in [0.29, 0.717) is 0 Å². The molecule has 2 heteroatoms. The van der Waals surface area contributed by atoms with Gasteiger partial charge in [-0.2, -0.15) is 0 Å². The Bertz CT molecular complexity index is 1090. The van der Waals surface area contributed by atoms with Crippen LogP contribution in [0.1, 0.15) is 28.1 Å². The number of rotatable bonds is 6. The summed E-state index contributed by atoms with van der Waals surface area (Å²) in [5.74, 6) is 0. The molecule has 140 valence electrons. The molecule has 0 aliphatic carbocycles. The summed E-state index contributed by atoms with van der Waals surface area (Å²) >= 11 is 0. The van der Waals surface area contributed by atoms with Crippen LogP contribution in [0.5, 0.6) is 0 Å². The highest BCUT2D eigenvalue weighted by Gasteiger charge is 2.14. The van der Waals surface area contributed by atoms with E-state index in [4.69, 9.17) is 4.98 Å². The molecule has 0 spiro atoms. The van der Waals surface area contributed by atoms with Crippen LogP contribution in [0, 0.1) is 13.8 Å². The van der Waals surface area contributed by atoms with E-state index in [-0.39, 0.29) is 0 Å². The zero-order valence-corrected chi connectivity index (χ0v) is 16.6. The Hall–Kier alpha value is -3.13. The molecule has 0 unspecified atom stereocenters. The summed E-state index contributed by atoms with van der Waals surface area (Å²) in [6.07, 6.45) is 8.36. The van der Waals surface area contributed by atoms with E-state index < -0.39 is 0 Å². The van der Waals surface area contributed by atoms with Gasteiger partial charge in [-0.1, -0.05) is 72.8 Å². The number of allylic oxidation sites excluding steroid dienone is 1. The first kappa shape index (κ1) is 18.2. The van der Waals surface area contributed by atoms with E-state index in [1.54, 1.807) is 0 Å². The first-order valence-corrected chi connectivity index (χ1v) is 9.93. The second kappa shape index (κ2) is 8.26. The third-order valence-electron chi connectivity index (χ3n) is 5.51. The van der Waals surface area contributed by atoms with Crippen molar-refractivity contribution in [1.82, 2.24) is 9.55 Å². The number of hydrogen-bond donors (Lipinski definition) is 0. The molecular weight excluding hydrogens is 340 g/mol. The maximum Gasteiger partial charge on any atom is 0.0707 e. The van der Waals surface area contributed by atoms with Crippen molar-refractivity contribution < 1.29 is 0 Å². The van der Waals surface area contributed by atoms with Gasteiger partial charge in [-0.05, 0) is 49.4 Å². The molecule has 0 saturated heterocycles. The normalized spacial score (nSPS) is 11.5. The lowest BCUT2D eigenvalue weighted by Crippen LogP contribution is -2.03. The van der Waals surface area contributed by atoms with Crippen molar-refractivity contribution in [3.8, 4) is 0 Å². The number of hydrogen-bond acceptors (Lipinski definition) is 1. The lowest BCUT2D eigenvalue weighted by atomic mass is 10.1. The van der Waals surface area contributed by atoms with Gasteiger partial charge >= 0.3 is 0 Å². The standard InChI is InChI=1S/C26H26N2/c1-20-21(2)28(19-9-14-22-10-5-3-6-11-22)26-24(20)17-18-27-25(26)16-15-23-12-7-4-8-13-23/h3-14,17-18H,15-16,19H2,1-2H3/b14-9+. The highest BCUT2D eigenvalue weighted by Crippen LogP contribution is 2.28. The van der Waals surface area contributed by atoms with Crippen LogP contribution in [0.15, 0.2) is 79.0 Å². The molecule has 0 saturated carbocycles. The van der Waals surface area contributed by atoms with Gasteiger partial charge in [0.2, 0.25) is 0 Å². The number of aryl methyl sites for hydroxylation is 3. The molecule has 2 heterocycles. The topological polar surface area (TPSA) is 17.8 Å².